The third-order valence-corrected chi connectivity index (χ3v) is 6.53. The minimum absolute atomic E-state index is 0.189. The van der Waals surface area contributed by atoms with Crippen LogP contribution >= 0.6 is 23.8 Å². The van der Waals surface area contributed by atoms with Crippen LogP contribution in [0.4, 0.5) is 5.69 Å². The van der Waals surface area contributed by atoms with E-state index in [9.17, 15) is 0 Å². The van der Waals surface area contributed by atoms with Gasteiger partial charge in [-0.1, -0.05) is 35.9 Å². The molecule has 7 heteroatoms. The number of aryl methyl sites for hydroxylation is 1. The zero-order valence-electron chi connectivity index (χ0n) is 18.2. The van der Waals surface area contributed by atoms with E-state index in [0.717, 1.165) is 39.8 Å². The van der Waals surface area contributed by atoms with E-state index >= 15 is 0 Å². The Kier molecular flexibility index (Phi) is 5.79. The van der Waals surface area contributed by atoms with Crippen molar-refractivity contribution in [1.82, 2.24) is 10.3 Å². The van der Waals surface area contributed by atoms with Gasteiger partial charge in [0, 0.05) is 28.5 Å². The van der Waals surface area contributed by atoms with E-state index in [1.54, 1.807) is 13.3 Å². The van der Waals surface area contributed by atoms with E-state index < -0.39 is 0 Å². The van der Waals surface area contributed by atoms with Gasteiger partial charge in [0.15, 0.2) is 5.11 Å². The van der Waals surface area contributed by atoms with Crippen LogP contribution in [0.3, 0.4) is 0 Å². The molecule has 2 atom stereocenters. The van der Waals surface area contributed by atoms with E-state index in [-0.39, 0.29) is 12.1 Å². The maximum absolute atomic E-state index is 6.40. The topological polar surface area (TPSA) is 50.5 Å². The van der Waals surface area contributed by atoms with Crippen LogP contribution in [0.1, 0.15) is 29.1 Å². The highest BCUT2D eigenvalue weighted by Gasteiger charge is 2.42. The van der Waals surface area contributed by atoms with Gasteiger partial charge < -0.3 is 19.4 Å². The fraction of sp³-hybridized carbons (Fsp3) is 0.154. The Bertz CT molecular complexity index is 1310. The predicted molar refractivity (Wildman–Crippen MR) is 135 cm³/mol. The molecule has 4 aromatic rings. The number of aromatic nitrogens is 1. The number of rotatable bonds is 5. The average Bonchev–Trinajstić information content (AvgIpc) is 3.46. The van der Waals surface area contributed by atoms with Gasteiger partial charge in [-0.2, -0.15) is 0 Å². The molecule has 33 heavy (non-hydrogen) atoms. The molecule has 5 rings (SSSR count). The van der Waals surface area contributed by atoms with Crippen LogP contribution in [0.25, 0.3) is 11.3 Å². The summed E-state index contributed by atoms with van der Waals surface area (Å²) in [6, 6.07) is 23.2. The zero-order chi connectivity index (χ0) is 22.9. The lowest BCUT2D eigenvalue weighted by Crippen LogP contribution is -2.29. The Labute approximate surface area is 203 Å². The summed E-state index contributed by atoms with van der Waals surface area (Å²) in [7, 11) is 1.65. The summed E-state index contributed by atoms with van der Waals surface area (Å²) >= 11 is 12.1. The number of nitrogens with one attached hydrogen (secondary N) is 1. The molecule has 0 amide bonds. The van der Waals surface area contributed by atoms with Crippen molar-refractivity contribution in [3.8, 4) is 17.1 Å². The number of hydrogen-bond donors (Lipinski definition) is 1. The molecule has 2 aromatic carbocycles. The van der Waals surface area contributed by atoms with E-state index in [4.69, 9.17) is 33.0 Å². The lowest BCUT2D eigenvalue weighted by atomic mass is 10.0. The SMILES string of the molecule is COc1cccc(N2C(=S)NC(c3ccccn3)C2c2ccc(-c3ccc(C)c(Cl)c3)o2)c1. The molecule has 5 nitrogen and oxygen atoms in total. The molecule has 1 aliphatic rings. The van der Waals surface area contributed by atoms with Gasteiger partial charge in [0.05, 0.1) is 18.8 Å². The van der Waals surface area contributed by atoms with Crippen LogP contribution in [0.2, 0.25) is 5.02 Å². The van der Waals surface area contributed by atoms with E-state index in [1.165, 1.54) is 0 Å². The summed E-state index contributed by atoms with van der Waals surface area (Å²) in [6.45, 7) is 1.98. The second-order valence-electron chi connectivity index (χ2n) is 7.86. The first-order valence-corrected chi connectivity index (χ1v) is 11.3. The van der Waals surface area contributed by atoms with Crippen molar-refractivity contribution in [2.75, 3.05) is 12.0 Å². The fourth-order valence-electron chi connectivity index (χ4n) is 4.10. The van der Waals surface area contributed by atoms with Crippen LogP contribution < -0.4 is 15.0 Å². The Hall–Kier alpha value is -3.35. The largest absolute Gasteiger partial charge is 0.497 e. The summed E-state index contributed by atoms with van der Waals surface area (Å²) in [5, 5.41) is 4.75. The molecule has 0 radical (unpaired) electrons. The van der Waals surface area contributed by atoms with Crippen molar-refractivity contribution >= 4 is 34.6 Å². The van der Waals surface area contributed by atoms with Gasteiger partial charge in [-0.25, -0.2) is 0 Å². The minimum Gasteiger partial charge on any atom is -0.497 e. The first-order valence-electron chi connectivity index (χ1n) is 10.6. The second-order valence-corrected chi connectivity index (χ2v) is 8.66. The van der Waals surface area contributed by atoms with Crippen LogP contribution in [0.5, 0.6) is 5.75 Å². The molecule has 0 bridgehead atoms. The summed E-state index contributed by atoms with van der Waals surface area (Å²) in [5.74, 6) is 2.27. The van der Waals surface area contributed by atoms with Crippen molar-refractivity contribution in [2.24, 2.45) is 0 Å². The number of furan rings is 1. The molecule has 2 unspecified atom stereocenters. The Balaban J connectivity index is 1.60. The van der Waals surface area contributed by atoms with Gasteiger partial charge in [0.1, 0.15) is 23.3 Å². The van der Waals surface area contributed by atoms with Gasteiger partial charge in [-0.05, 0) is 67.2 Å². The number of pyridine rings is 1. The van der Waals surface area contributed by atoms with Gasteiger partial charge in [0.2, 0.25) is 0 Å². The molecular weight excluding hydrogens is 454 g/mol. The quantitative estimate of drug-likeness (QED) is 0.333. The molecule has 1 aliphatic heterocycles. The first-order chi connectivity index (χ1) is 16.0. The highest BCUT2D eigenvalue weighted by Crippen LogP contribution is 2.43. The van der Waals surface area contributed by atoms with Gasteiger partial charge in [0.25, 0.3) is 0 Å². The number of halogens is 1. The normalized spacial score (nSPS) is 17.8. The minimum atomic E-state index is -0.242. The maximum atomic E-state index is 6.40. The van der Waals surface area contributed by atoms with Gasteiger partial charge in [-0.15, -0.1) is 0 Å². The Morgan fingerprint density at radius 2 is 1.94 bits per heavy atom. The van der Waals surface area contributed by atoms with Crippen molar-refractivity contribution in [2.45, 2.75) is 19.0 Å². The van der Waals surface area contributed by atoms with Crippen LogP contribution in [0, 0.1) is 6.92 Å². The number of nitrogens with zero attached hydrogens (tertiary/aromatic N) is 2. The number of thiocarbonyl (C=S) groups is 1. The molecule has 1 fully saturated rings. The Morgan fingerprint density at radius 3 is 2.70 bits per heavy atom. The highest BCUT2D eigenvalue weighted by atomic mass is 35.5. The van der Waals surface area contributed by atoms with E-state index in [1.807, 2.05) is 79.7 Å². The van der Waals surface area contributed by atoms with Crippen LogP contribution in [-0.2, 0) is 0 Å². The third-order valence-electron chi connectivity index (χ3n) is 5.80. The predicted octanol–water partition coefficient (Wildman–Crippen LogP) is 6.49. The summed E-state index contributed by atoms with van der Waals surface area (Å²) in [6.07, 6.45) is 1.78. The summed E-state index contributed by atoms with van der Waals surface area (Å²) in [4.78, 5) is 6.64. The molecule has 0 aliphatic carbocycles. The van der Waals surface area contributed by atoms with Crippen molar-refractivity contribution in [3.05, 3.63) is 101 Å². The summed E-state index contributed by atoms with van der Waals surface area (Å²) in [5.41, 5.74) is 3.74. The molecule has 0 spiro atoms. The third kappa shape index (κ3) is 4.08. The number of anilines is 1. The molecule has 1 N–H and O–H groups in total. The van der Waals surface area contributed by atoms with Gasteiger partial charge in [-0.3, -0.25) is 4.98 Å². The van der Waals surface area contributed by atoms with E-state index in [0.29, 0.717) is 10.1 Å². The highest BCUT2D eigenvalue weighted by molar-refractivity contribution is 7.80. The number of benzene rings is 2. The molecule has 166 valence electrons. The second kappa shape index (κ2) is 8.89. The molecule has 1 saturated heterocycles. The van der Waals surface area contributed by atoms with Crippen molar-refractivity contribution < 1.29 is 9.15 Å². The number of methoxy groups -OCH3 is 1. The smallest absolute Gasteiger partial charge is 0.174 e. The maximum Gasteiger partial charge on any atom is 0.174 e. The van der Waals surface area contributed by atoms with Crippen molar-refractivity contribution in [1.29, 1.82) is 0 Å². The first kappa shape index (κ1) is 21.5. The molecule has 2 aromatic heterocycles. The summed E-state index contributed by atoms with van der Waals surface area (Å²) < 4.78 is 11.8. The monoisotopic (exact) mass is 475 g/mol. The average molecular weight is 476 g/mol. The lowest BCUT2D eigenvalue weighted by Gasteiger charge is -2.26. The lowest BCUT2D eigenvalue weighted by molar-refractivity contribution is 0.414. The van der Waals surface area contributed by atoms with Crippen LogP contribution in [-0.4, -0.2) is 17.2 Å². The van der Waals surface area contributed by atoms with Crippen LogP contribution in [0.15, 0.2) is 83.4 Å². The molecular formula is C26H22ClN3O2S. The molecule has 0 saturated carbocycles. The Morgan fingerprint density at radius 1 is 1.06 bits per heavy atom. The number of hydrogen-bond acceptors (Lipinski definition) is 4. The number of ether oxygens (including phenoxy) is 1. The van der Waals surface area contributed by atoms with Crippen molar-refractivity contribution in [3.63, 3.8) is 0 Å². The van der Waals surface area contributed by atoms with Gasteiger partial charge >= 0.3 is 0 Å². The standard InChI is InChI=1S/C26H22ClN3O2S/c1-16-9-10-17(14-20(16)27)22-11-12-23(32-22)25-24(21-8-3-4-13-28-21)29-26(33)30(25)18-6-5-7-19(15-18)31-2/h3-15,24-25H,1-2H3,(H,29,33). The molecule has 3 heterocycles. The fourth-order valence-corrected chi connectivity index (χ4v) is 4.62. The zero-order valence-corrected chi connectivity index (χ0v) is 19.7. The van der Waals surface area contributed by atoms with E-state index in [2.05, 4.69) is 15.2 Å².